The van der Waals surface area contributed by atoms with Gasteiger partial charge in [-0.1, -0.05) is 308 Å². The highest BCUT2D eigenvalue weighted by Gasteiger charge is 2.20. The number of carbonyl (C=O) groups excluding carboxylic acids is 2. The van der Waals surface area contributed by atoms with Gasteiger partial charge in [-0.2, -0.15) is 0 Å². The average Bonchev–Trinajstić information content (AvgIpc) is 3.37. The number of unbranched alkanes of at least 4 members (excludes halogenated alkanes) is 45. The van der Waals surface area contributed by atoms with Gasteiger partial charge in [0.25, 0.3) is 0 Å². The minimum atomic E-state index is -0.668. The first kappa shape index (κ1) is 69.3. The SMILES string of the molecule is CCCCCCCCCCCCCCCCCCCC(O)C(CO)NC(=O)CCCCCCCCCCC/C=C\C/C=C\CCCCCCCCCCCOC(=O)CCCCCCCCCCCCCC. The van der Waals surface area contributed by atoms with Crippen molar-refractivity contribution in [2.45, 2.75) is 366 Å². The van der Waals surface area contributed by atoms with Crippen LogP contribution in [-0.2, 0) is 14.3 Å². The Kier molecular flexibility index (Phi) is 59.5. The molecule has 0 bridgehead atoms. The smallest absolute Gasteiger partial charge is 0.305 e. The third-order valence-electron chi connectivity index (χ3n) is 15.0. The molecule has 420 valence electrons. The molecular weight excluding hydrogens is 875 g/mol. The number of amides is 1. The van der Waals surface area contributed by atoms with Crippen LogP contribution in [0.5, 0.6) is 0 Å². The van der Waals surface area contributed by atoms with Crippen LogP contribution in [-0.4, -0.2) is 47.4 Å². The molecule has 0 aliphatic heterocycles. The molecule has 3 N–H and O–H groups in total. The topological polar surface area (TPSA) is 95.9 Å². The number of allylic oxidation sites excluding steroid dienone is 4. The largest absolute Gasteiger partial charge is 0.466 e. The maximum absolute atomic E-state index is 12.5. The third-order valence-corrected chi connectivity index (χ3v) is 15.0. The number of hydrogen-bond acceptors (Lipinski definition) is 5. The van der Waals surface area contributed by atoms with Gasteiger partial charge in [-0.25, -0.2) is 0 Å². The molecule has 71 heavy (non-hydrogen) atoms. The van der Waals surface area contributed by atoms with E-state index in [1.54, 1.807) is 0 Å². The van der Waals surface area contributed by atoms with Crippen molar-refractivity contribution in [3.8, 4) is 0 Å². The highest BCUT2D eigenvalue weighted by molar-refractivity contribution is 5.76. The number of aliphatic hydroxyl groups excluding tert-OH is 2. The second-order valence-electron chi connectivity index (χ2n) is 22.1. The van der Waals surface area contributed by atoms with Gasteiger partial charge in [0.15, 0.2) is 0 Å². The Balaban J connectivity index is 3.43. The van der Waals surface area contributed by atoms with Crippen LogP contribution in [0.25, 0.3) is 0 Å². The van der Waals surface area contributed by atoms with E-state index in [0.29, 0.717) is 25.9 Å². The Morgan fingerprint density at radius 1 is 0.394 bits per heavy atom. The summed E-state index contributed by atoms with van der Waals surface area (Å²) in [4.78, 5) is 24.5. The summed E-state index contributed by atoms with van der Waals surface area (Å²) >= 11 is 0. The van der Waals surface area contributed by atoms with E-state index in [4.69, 9.17) is 4.74 Å². The Labute approximate surface area is 443 Å². The van der Waals surface area contributed by atoms with Crippen LogP contribution in [0.4, 0.5) is 0 Å². The van der Waals surface area contributed by atoms with Crippen molar-refractivity contribution in [1.82, 2.24) is 5.32 Å². The molecule has 0 radical (unpaired) electrons. The Hall–Kier alpha value is -1.66. The van der Waals surface area contributed by atoms with E-state index in [1.165, 1.54) is 276 Å². The van der Waals surface area contributed by atoms with E-state index >= 15 is 0 Å². The van der Waals surface area contributed by atoms with Crippen molar-refractivity contribution < 1.29 is 24.5 Å². The van der Waals surface area contributed by atoms with Crippen molar-refractivity contribution in [3.63, 3.8) is 0 Å². The maximum Gasteiger partial charge on any atom is 0.305 e. The molecular formula is C65H125NO5. The van der Waals surface area contributed by atoms with Gasteiger partial charge in [-0.15, -0.1) is 0 Å². The summed E-state index contributed by atoms with van der Waals surface area (Å²) in [6, 6.07) is -0.546. The minimum absolute atomic E-state index is 0.0101. The van der Waals surface area contributed by atoms with Gasteiger partial charge in [-0.05, 0) is 57.8 Å². The van der Waals surface area contributed by atoms with Crippen molar-refractivity contribution in [1.29, 1.82) is 0 Å². The molecule has 0 spiro atoms. The lowest BCUT2D eigenvalue weighted by atomic mass is 10.0. The molecule has 0 aromatic heterocycles. The fourth-order valence-electron chi connectivity index (χ4n) is 10.1. The first-order chi connectivity index (χ1) is 35.0. The normalized spacial score (nSPS) is 12.7. The zero-order valence-electron chi connectivity index (χ0n) is 48.0. The third kappa shape index (κ3) is 57.5. The monoisotopic (exact) mass is 1000 g/mol. The van der Waals surface area contributed by atoms with E-state index in [-0.39, 0.29) is 18.5 Å². The molecule has 0 rings (SSSR count). The summed E-state index contributed by atoms with van der Waals surface area (Å²) < 4.78 is 5.47. The van der Waals surface area contributed by atoms with Crippen LogP contribution in [0.15, 0.2) is 24.3 Å². The van der Waals surface area contributed by atoms with Crippen molar-refractivity contribution in [2.75, 3.05) is 13.2 Å². The molecule has 0 aromatic rings. The van der Waals surface area contributed by atoms with Gasteiger partial charge >= 0.3 is 5.97 Å². The molecule has 0 saturated heterocycles. The van der Waals surface area contributed by atoms with E-state index in [2.05, 4.69) is 43.5 Å². The highest BCUT2D eigenvalue weighted by Crippen LogP contribution is 2.18. The summed E-state index contributed by atoms with van der Waals surface area (Å²) in [6.45, 7) is 4.97. The minimum Gasteiger partial charge on any atom is -0.466 e. The van der Waals surface area contributed by atoms with Gasteiger partial charge in [-0.3, -0.25) is 9.59 Å². The maximum atomic E-state index is 12.5. The lowest BCUT2D eigenvalue weighted by Crippen LogP contribution is -2.45. The molecule has 6 heteroatoms. The van der Waals surface area contributed by atoms with Gasteiger partial charge < -0.3 is 20.3 Å². The summed E-state index contributed by atoms with van der Waals surface area (Å²) in [5, 5.41) is 23.3. The number of hydrogen-bond donors (Lipinski definition) is 3. The Bertz CT molecular complexity index is 1110. The van der Waals surface area contributed by atoms with Crippen LogP contribution < -0.4 is 5.32 Å². The second kappa shape index (κ2) is 60.9. The van der Waals surface area contributed by atoms with Crippen molar-refractivity contribution >= 4 is 11.9 Å². The van der Waals surface area contributed by atoms with Crippen molar-refractivity contribution in [3.05, 3.63) is 24.3 Å². The van der Waals surface area contributed by atoms with Gasteiger partial charge in [0.2, 0.25) is 5.91 Å². The quantitative estimate of drug-likeness (QED) is 0.0320. The van der Waals surface area contributed by atoms with Crippen molar-refractivity contribution in [2.24, 2.45) is 0 Å². The number of ether oxygens (including phenoxy) is 1. The Morgan fingerprint density at radius 3 is 1.07 bits per heavy atom. The molecule has 0 aromatic carbocycles. The number of esters is 1. The van der Waals surface area contributed by atoms with Gasteiger partial charge in [0.1, 0.15) is 0 Å². The first-order valence-electron chi connectivity index (χ1n) is 32.1. The van der Waals surface area contributed by atoms with E-state index in [0.717, 1.165) is 44.9 Å². The van der Waals surface area contributed by atoms with Crippen LogP contribution in [0.1, 0.15) is 354 Å². The standard InChI is InChI=1S/C65H125NO5/c1-3-5-7-9-11-13-15-17-18-28-31-34-37-41-45-49-53-57-63(68)62(61-67)66-64(69)58-54-50-46-42-38-35-32-29-26-24-22-20-19-21-23-25-27-30-33-36-40-44-48-52-56-60-71-65(70)59-55-51-47-43-39-16-14-12-10-8-6-4-2/h20-23,62-63,67-68H,3-19,24-61H2,1-2H3,(H,66,69)/b22-20-,23-21-. The zero-order chi connectivity index (χ0) is 51.4. The first-order valence-corrected chi connectivity index (χ1v) is 32.1. The van der Waals surface area contributed by atoms with Crippen LogP contribution in [0, 0.1) is 0 Å². The highest BCUT2D eigenvalue weighted by atomic mass is 16.5. The summed E-state index contributed by atoms with van der Waals surface area (Å²) in [5.74, 6) is -0.0282. The van der Waals surface area contributed by atoms with E-state index in [1.807, 2.05) is 0 Å². The van der Waals surface area contributed by atoms with Crippen LogP contribution in [0.3, 0.4) is 0 Å². The molecule has 2 unspecified atom stereocenters. The second-order valence-corrected chi connectivity index (χ2v) is 22.1. The summed E-state index contributed by atoms with van der Waals surface area (Å²) in [7, 11) is 0. The molecule has 0 aliphatic carbocycles. The number of aliphatic hydroxyl groups is 2. The average molecular weight is 1000 g/mol. The predicted octanol–water partition coefficient (Wildman–Crippen LogP) is 20.2. The molecule has 1 amide bonds. The summed E-state index contributed by atoms with van der Waals surface area (Å²) in [5.41, 5.74) is 0. The number of nitrogens with one attached hydrogen (secondary N) is 1. The molecule has 0 heterocycles. The molecule has 2 atom stereocenters. The van der Waals surface area contributed by atoms with E-state index in [9.17, 15) is 19.8 Å². The molecule has 0 aliphatic rings. The lowest BCUT2D eigenvalue weighted by molar-refractivity contribution is -0.143. The van der Waals surface area contributed by atoms with Crippen LogP contribution in [0.2, 0.25) is 0 Å². The predicted molar refractivity (Wildman–Crippen MR) is 310 cm³/mol. The molecule has 6 nitrogen and oxygen atoms in total. The van der Waals surface area contributed by atoms with Crippen LogP contribution >= 0.6 is 0 Å². The fourth-order valence-corrected chi connectivity index (χ4v) is 10.1. The van der Waals surface area contributed by atoms with Gasteiger partial charge in [0.05, 0.1) is 25.4 Å². The Morgan fingerprint density at radius 2 is 0.704 bits per heavy atom. The number of rotatable bonds is 60. The lowest BCUT2D eigenvalue weighted by Gasteiger charge is -2.22. The zero-order valence-corrected chi connectivity index (χ0v) is 48.0. The van der Waals surface area contributed by atoms with Gasteiger partial charge in [0, 0.05) is 12.8 Å². The number of carbonyl (C=O) groups is 2. The molecule has 0 saturated carbocycles. The molecule has 0 fully saturated rings. The fraction of sp³-hybridized carbons (Fsp3) is 0.908. The van der Waals surface area contributed by atoms with E-state index < -0.39 is 12.1 Å². The summed E-state index contributed by atoms with van der Waals surface area (Å²) in [6.07, 6.45) is 74.8.